The van der Waals surface area contributed by atoms with Crippen LogP contribution in [0.25, 0.3) is 0 Å². The van der Waals surface area contributed by atoms with Crippen LogP contribution in [-0.4, -0.2) is 5.54 Å². The Bertz CT molecular complexity index is 121. The minimum atomic E-state index is 0.125. The first-order chi connectivity index (χ1) is 6.54. The SMILES string of the molecule is CCCCC(N)(CCCC)CC(C)C. The van der Waals surface area contributed by atoms with Crippen molar-refractivity contribution in [3.05, 3.63) is 0 Å². The van der Waals surface area contributed by atoms with Gasteiger partial charge >= 0.3 is 0 Å². The number of hydrogen-bond donors (Lipinski definition) is 1. The van der Waals surface area contributed by atoms with Gasteiger partial charge in [-0.1, -0.05) is 53.4 Å². The fourth-order valence-corrected chi connectivity index (χ4v) is 2.20. The Labute approximate surface area is 90.5 Å². The highest BCUT2D eigenvalue weighted by Gasteiger charge is 2.24. The van der Waals surface area contributed by atoms with E-state index in [1.807, 2.05) is 0 Å². The van der Waals surface area contributed by atoms with Crippen molar-refractivity contribution < 1.29 is 0 Å². The van der Waals surface area contributed by atoms with Crippen LogP contribution >= 0.6 is 0 Å². The summed E-state index contributed by atoms with van der Waals surface area (Å²) in [5.74, 6) is 0.730. The number of unbranched alkanes of at least 4 members (excludes halogenated alkanes) is 2. The molecule has 0 aliphatic rings. The Hall–Kier alpha value is -0.0400. The molecule has 0 rings (SSSR count). The van der Waals surface area contributed by atoms with Gasteiger partial charge in [0.25, 0.3) is 0 Å². The summed E-state index contributed by atoms with van der Waals surface area (Å²) in [6, 6.07) is 0. The van der Waals surface area contributed by atoms with Crippen molar-refractivity contribution in [2.75, 3.05) is 0 Å². The van der Waals surface area contributed by atoms with E-state index in [4.69, 9.17) is 5.73 Å². The second kappa shape index (κ2) is 7.28. The van der Waals surface area contributed by atoms with Gasteiger partial charge in [-0.25, -0.2) is 0 Å². The van der Waals surface area contributed by atoms with E-state index in [-0.39, 0.29) is 5.54 Å². The third kappa shape index (κ3) is 6.42. The van der Waals surface area contributed by atoms with Crippen LogP contribution in [0.3, 0.4) is 0 Å². The maximum Gasteiger partial charge on any atom is 0.0156 e. The Balaban J connectivity index is 4.03. The highest BCUT2D eigenvalue weighted by molar-refractivity contribution is 4.84. The second-order valence-corrected chi connectivity index (χ2v) is 5.17. The molecule has 0 saturated carbocycles. The van der Waals surface area contributed by atoms with Crippen molar-refractivity contribution in [2.45, 2.75) is 78.2 Å². The summed E-state index contributed by atoms with van der Waals surface area (Å²) in [5, 5.41) is 0. The summed E-state index contributed by atoms with van der Waals surface area (Å²) in [6.07, 6.45) is 8.71. The van der Waals surface area contributed by atoms with Crippen LogP contribution in [0.15, 0.2) is 0 Å². The zero-order valence-electron chi connectivity index (χ0n) is 10.6. The van der Waals surface area contributed by atoms with Crippen LogP contribution < -0.4 is 5.73 Å². The molecule has 0 amide bonds. The molecule has 0 spiro atoms. The minimum Gasteiger partial charge on any atom is -0.325 e. The van der Waals surface area contributed by atoms with E-state index >= 15 is 0 Å². The lowest BCUT2D eigenvalue weighted by molar-refractivity contribution is 0.285. The standard InChI is InChI=1S/C13H29N/c1-5-7-9-13(14,10-8-6-2)11-12(3)4/h12H,5-11,14H2,1-4H3. The van der Waals surface area contributed by atoms with Crippen molar-refractivity contribution in [2.24, 2.45) is 11.7 Å². The molecule has 0 aliphatic carbocycles. The summed E-state index contributed by atoms with van der Waals surface area (Å²) in [6.45, 7) is 9.05. The lowest BCUT2D eigenvalue weighted by Crippen LogP contribution is -2.41. The summed E-state index contributed by atoms with van der Waals surface area (Å²) in [4.78, 5) is 0. The van der Waals surface area contributed by atoms with Gasteiger partial charge in [-0.3, -0.25) is 0 Å². The van der Waals surface area contributed by atoms with Crippen molar-refractivity contribution in [1.82, 2.24) is 0 Å². The van der Waals surface area contributed by atoms with E-state index in [9.17, 15) is 0 Å². The Morgan fingerprint density at radius 1 is 1.00 bits per heavy atom. The molecule has 14 heavy (non-hydrogen) atoms. The average molecular weight is 199 g/mol. The van der Waals surface area contributed by atoms with E-state index in [2.05, 4.69) is 27.7 Å². The fraction of sp³-hybridized carbons (Fsp3) is 1.00. The number of rotatable bonds is 8. The zero-order valence-corrected chi connectivity index (χ0v) is 10.6. The minimum absolute atomic E-state index is 0.125. The van der Waals surface area contributed by atoms with Gasteiger partial charge in [0.1, 0.15) is 0 Å². The molecule has 0 radical (unpaired) electrons. The van der Waals surface area contributed by atoms with Crippen molar-refractivity contribution >= 4 is 0 Å². The smallest absolute Gasteiger partial charge is 0.0156 e. The largest absolute Gasteiger partial charge is 0.325 e. The highest BCUT2D eigenvalue weighted by atomic mass is 14.7. The molecule has 0 unspecified atom stereocenters. The summed E-state index contributed by atoms with van der Waals surface area (Å²) < 4.78 is 0. The lowest BCUT2D eigenvalue weighted by atomic mass is 9.81. The molecule has 0 fully saturated rings. The molecule has 1 heteroatoms. The van der Waals surface area contributed by atoms with Crippen molar-refractivity contribution in [3.63, 3.8) is 0 Å². The molecule has 0 aliphatic heterocycles. The predicted molar refractivity (Wildman–Crippen MR) is 65.4 cm³/mol. The topological polar surface area (TPSA) is 26.0 Å². The van der Waals surface area contributed by atoms with Crippen LogP contribution in [-0.2, 0) is 0 Å². The van der Waals surface area contributed by atoms with Crippen LogP contribution in [0, 0.1) is 5.92 Å². The Morgan fingerprint density at radius 3 is 1.71 bits per heavy atom. The second-order valence-electron chi connectivity index (χ2n) is 5.17. The van der Waals surface area contributed by atoms with Crippen molar-refractivity contribution in [3.8, 4) is 0 Å². The van der Waals surface area contributed by atoms with Gasteiger partial charge in [-0.05, 0) is 25.2 Å². The monoisotopic (exact) mass is 199 g/mol. The Kier molecular flexibility index (Phi) is 7.26. The summed E-state index contributed by atoms with van der Waals surface area (Å²) >= 11 is 0. The first-order valence-electron chi connectivity index (χ1n) is 6.33. The Morgan fingerprint density at radius 2 is 1.43 bits per heavy atom. The molecule has 0 aromatic carbocycles. The van der Waals surface area contributed by atoms with E-state index < -0.39 is 0 Å². The van der Waals surface area contributed by atoms with E-state index in [1.165, 1.54) is 44.9 Å². The first kappa shape index (κ1) is 14.0. The third-order valence-electron chi connectivity index (χ3n) is 2.87. The van der Waals surface area contributed by atoms with Gasteiger partial charge in [0, 0.05) is 5.54 Å². The maximum absolute atomic E-state index is 6.47. The maximum atomic E-state index is 6.47. The van der Waals surface area contributed by atoms with Gasteiger partial charge in [-0.2, -0.15) is 0 Å². The normalized spacial score (nSPS) is 12.4. The summed E-state index contributed by atoms with van der Waals surface area (Å²) in [5.41, 5.74) is 6.60. The molecule has 0 aromatic heterocycles. The molecule has 0 atom stereocenters. The van der Waals surface area contributed by atoms with E-state index in [1.54, 1.807) is 0 Å². The van der Waals surface area contributed by atoms with Gasteiger partial charge < -0.3 is 5.73 Å². The molecular formula is C13H29N. The number of nitrogens with two attached hydrogens (primary N) is 1. The average Bonchev–Trinajstić information content (AvgIpc) is 2.11. The predicted octanol–water partition coefficient (Wildman–Crippen LogP) is 4.11. The first-order valence-corrected chi connectivity index (χ1v) is 6.33. The summed E-state index contributed by atoms with van der Waals surface area (Å²) in [7, 11) is 0. The quantitative estimate of drug-likeness (QED) is 0.625. The molecule has 0 bridgehead atoms. The zero-order chi connectivity index (χ0) is 11.0. The van der Waals surface area contributed by atoms with Crippen molar-refractivity contribution in [1.29, 1.82) is 0 Å². The van der Waals surface area contributed by atoms with Crippen LogP contribution in [0.5, 0.6) is 0 Å². The van der Waals surface area contributed by atoms with Gasteiger partial charge in [0.05, 0.1) is 0 Å². The molecular weight excluding hydrogens is 170 g/mol. The molecule has 0 heterocycles. The van der Waals surface area contributed by atoms with Gasteiger partial charge in [0.15, 0.2) is 0 Å². The van der Waals surface area contributed by atoms with E-state index in [0.717, 1.165) is 5.92 Å². The molecule has 1 nitrogen and oxygen atoms in total. The van der Waals surface area contributed by atoms with Crippen LogP contribution in [0.1, 0.15) is 72.6 Å². The molecule has 86 valence electrons. The fourth-order valence-electron chi connectivity index (χ4n) is 2.20. The van der Waals surface area contributed by atoms with Gasteiger partial charge in [0.2, 0.25) is 0 Å². The number of hydrogen-bond acceptors (Lipinski definition) is 1. The van der Waals surface area contributed by atoms with Crippen LogP contribution in [0.2, 0.25) is 0 Å². The highest BCUT2D eigenvalue weighted by Crippen LogP contribution is 2.26. The van der Waals surface area contributed by atoms with Gasteiger partial charge in [-0.15, -0.1) is 0 Å². The third-order valence-corrected chi connectivity index (χ3v) is 2.87. The van der Waals surface area contributed by atoms with E-state index in [0.29, 0.717) is 0 Å². The molecule has 0 saturated heterocycles. The van der Waals surface area contributed by atoms with Crippen LogP contribution in [0.4, 0.5) is 0 Å². The lowest BCUT2D eigenvalue weighted by Gasteiger charge is -2.31. The molecule has 2 N–H and O–H groups in total. The molecule has 0 aromatic rings.